The normalized spacial score (nSPS) is 10.4. The summed E-state index contributed by atoms with van der Waals surface area (Å²) in [6.07, 6.45) is 0. The van der Waals surface area contributed by atoms with Crippen LogP contribution in [0, 0.1) is 7.14 Å². The third kappa shape index (κ3) is 3.69. The van der Waals surface area contributed by atoms with E-state index in [2.05, 4.69) is 27.9 Å². The highest BCUT2D eigenvalue weighted by Crippen LogP contribution is 2.30. The van der Waals surface area contributed by atoms with Crippen LogP contribution in [0.3, 0.4) is 0 Å². The van der Waals surface area contributed by atoms with Crippen LogP contribution in [0.5, 0.6) is 5.75 Å². The zero-order chi connectivity index (χ0) is 14.9. The number of carbonyl (C=O) groups excluding carboxylic acids is 1. The monoisotopic (exact) mass is 533 g/mol. The van der Waals surface area contributed by atoms with Crippen LogP contribution < -0.4 is 5.32 Å². The van der Waals surface area contributed by atoms with Gasteiger partial charge >= 0.3 is 0 Å². The van der Waals surface area contributed by atoms with Gasteiger partial charge in [-0.15, -0.1) is 0 Å². The lowest BCUT2D eigenvalue weighted by atomic mass is 10.2. The van der Waals surface area contributed by atoms with Crippen molar-refractivity contribution in [1.82, 2.24) is 0 Å². The molecule has 3 nitrogen and oxygen atoms in total. The summed E-state index contributed by atoms with van der Waals surface area (Å²) in [6, 6.07) is 8.16. The molecule has 104 valence electrons. The van der Waals surface area contributed by atoms with Gasteiger partial charge in [-0.3, -0.25) is 4.79 Å². The van der Waals surface area contributed by atoms with Gasteiger partial charge in [0, 0.05) is 8.59 Å². The van der Waals surface area contributed by atoms with E-state index in [1.807, 2.05) is 22.6 Å². The molecule has 0 saturated carbocycles. The van der Waals surface area contributed by atoms with Crippen LogP contribution in [-0.2, 0) is 0 Å². The fraction of sp³-hybridized carbons (Fsp3) is 0. The summed E-state index contributed by atoms with van der Waals surface area (Å²) < 4.78 is 1.46. The Hall–Kier alpha value is -0.250. The molecule has 0 radical (unpaired) electrons. The van der Waals surface area contributed by atoms with Crippen molar-refractivity contribution >= 4 is 80.0 Å². The standard InChI is InChI=1S/C13H7Cl2I2NO2/c14-6-1-2-9(15)11(3-6)18-13(20)8-4-7(16)5-10(17)12(8)19/h1-5,19H,(H,18,20). The van der Waals surface area contributed by atoms with E-state index in [1.54, 1.807) is 30.3 Å². The Labute approximate surface area is 152 Å². The SMILES string of the molecule is O=C(Nc1cc(Cl)ccc1Cl)c1cc(I)cc(I)c1O. The molecule has 2 aromatic rings. The van der Waals surface area contributed by atoms with E-state index >= 15 is 0 Å². The van der Waals surface area contributed by atoms with Crippen LogP contribution in [0.2, 0.25) is 10.0 Å². The van der Waals surface area contributed by atoms with Gasteiger partial charge in [0.25, 0.3) is 5.91 Å². The quantitative estimate of drug-likeness (QED) is 0.524. The van der Waals surface area contributed by atoms with Crippen molar-refractivity contribution < 1.29 is 9.90 Å². The van der Waals surface area contributed by atoms with Crippen LogP contribution in [0.25, 0.3) is 0 Å². The van der Waals surface area contributed by atoms with Crippen LogP contribution in [0.4, 0.5) is 5.69 Å². The first-order chi connectivity index (χ1) is 9.38. The Morgan fingerprint density at radius 1 is 1.15 bits per heavy atom. The van der Waals surface area contributed by atoms with Crippen molar-refractivity contribution in [1.29, 1.82) is 0 Å². The van der Waals surface area contributed by atoms with Crippen LogP contribution >= 0.6 is 68.4 Å². The summed E-state index contributed by atoms with van der Waals surface area (Å²) in [5.74, 6) is -0.496. The Morgan fingerprint density at radius 3 is 2.55 bits per heavy atom. The highest BCUT2D eigenvalue weighted by atomic mass is 127. The molecule has 0 aromatic heterocycles. The second-order valence-corrected chi connectivity index (χ2v) is 7.11. The predicted molar refractivity (Wildman–Crippen MR) is 98.0 cm³/mol. The second-order valence-electron chi connectivity index (χ2n) is 3.86. The van der Waals surface area contributed by atoms with E-state index in [1.165, 1.54) is 0 Å². The number of hydrogen-bond acceptors (Lipinski definition) is 2. The van der Waals surface area contributed by atoms with E-state index in [9.17, 15) is 9.90 Å². The Bertz CT molecular complexity index is 692. The zero-order valence-corrected chi connectivity index (χ0v) is 15.6. The first-order valence-electron chi connectivity index (χ1n) is 5.33. The fourth-order valence-electron chi connectivity index (χ4n) is 1.52. The van der Waals surface area contributed by atoms with Crippen molar-refractivity contribution in [2.75, 3.05) is 5.32 Å². The number of phenols is 1. The maximum absolute atomic E-state index is 12.2. The zero-order valence-electron chi connectivity index (χ0n) is 9.75. The van der Waals surface area contributed by atoms with E-state index in [4.69, 9.17) is 23.2 Å². The Kier molecular flexibility index (Phi) is 5.38. The number of aromatic hydroxyl groups is 1. The summed E-state index contributed by atoms with van der Waals surface area (Å²) in [6.45, 7) is 0. The lowest BCUT2D eigenvalue weighted by Crippen LogP contribution is -2.13. The van der Waals surface area contributed by atoms with Crippen molar-refractivity contribution in [2.24, 2.45) is 0 Å². The maximum atomic E-state index is 12.2. The molecule has 0 bridgehead atoms. The Morgan fingerprint density at radius 2 is 1.85 bits per heavy atom. The van der Waals surface area contributed by atoms with Crippen molar-refractivity contribution in [3.8, 4) is 5.75 Å². The van der Waals surface area contributed by atoms with Crippen molar-refractivity contribution in [2.45, 2.75) is 0 Å². The molecule has 1 amide bonds. The second kappa shape index (κ2) is 6.67. The van der Waals surface area contributed by atoms with Gasteiger partial charge in [-0.25, -0.2) is 0 Å². The fourth-order valence-corrected chi connectivity index (χ4v) is 3.70. The van der Waals surface area contributed by atoms with Gasteiger partial charge in [-0.1, -0.05) is 23.2 Å². The van der Waals surface area contributed by atoms with Gasteiger partial charge in [0.15, 0.2) is 0 Å². The van der Waals surface area contributed by atoms with Crippen LogP contribution in [-0.4, -0.2) is 11.0 Å². The largest absolute Gasteiger partial charge is 0.506 e. The summed E-state index contributed by atoms with van der Waals surface area (Å²) >= 11 is 15.9. The summed E-state index contributed by atoms with van der Waals surface area (Å²) in [5, 5.41) is 13.4. The molecule has 0 aliphatic heterocycles. The molecule has 0 aliphatic rings. The highest BCUT2D eigenvalue weighted by molar-refractivity contribution is 14.1. The third-order valence-electron chi connectivity index (χ3n) is 2.45. The highest BCUT2D eigenvalue weighted by Gasteiger charge is 2.16. The number of hydrogen-bond donors (Lipinski definition) is 2. The van der Waals surface area contributed by atoms with E-state index < -0.39 is 5.91 Å². The molecule has 0 fully saturated rings. The summed E-state index contributed by atoms with van der Waals surface area (Å²) in [4.78, 5) is 12.2. The third-order valence-corrected chi connectivity index (χ3v) is 4.46. The van der Waals surface area contributed by atoms with Gasteiger partial charge in [0.1, 0.15) is 5.75 Å². The van der Waals surface area contributed by atoms with Gasteiger partial charge in [-0.05, 0) is 75.5 Å². The van der Waals surface area contributed by atoms with Crippen molar-refractivity contribution in [3.05, 3.63) is 53.1 Å². The summed E-state index contributed by atoms with van der Waals surface area (Å²) in [5.41, 5.74) is 0.592. The summed E-state index contributed by atoms with van der Waals surface area (Å²) in [7, 11) is 0. The van der Waals surface area contributed by atoms with Crippen molar-refractivity contribution in [3.63, 3.8) is 0 Å². The smallest absolute Gasteiger partial charge is 0.259 e. The number of amides is 1. The van der Waals surface area contributed by atoms with Gasteiger partial charge in [0.2, 0.25) is 0 Å². The molecular formula is C13H7Cl2I2NO2. The molecule has 0 aliphatic carbocycles. The predicted octanol–water partition coefficient (Wildman–Crippen LogP) is 5.16. The Balaban J connectivity index is 2.35. The van der Waals surface area contributed by atoms with Crippen LogP contribution in [0.15, 0.2) is 30.3 Å². The van der Waals surface area contributed by atoms with E-state index in [0.29, 0.717) is 19.3 Å². The first kappa shape index (κ1) is 16.1. The number of nitrogens with one attached hydrogen (secondary N) is 1. The average Bonchev–Trinajstić information content (AvgIpc) is 2.38. The number of benzene rings is 2. The lowest BCUT2D eigenvalue weighted by Gasteiger charge is -2.10. The first-order valence-corrected chi connectivity index (χ1v) is 8.24. The molecule has 0 saturated heterocycles. The molecule has 0 atom stereocenters. The number of carbonyl (C=O) groups is 1. The molecule has 0 spiro atoms. The molecule has 20 heavy (non-hydrogen) atoms. The molecule has 0 unspecified atom stereocenters. The average molecular weight is 534 g/mol. The topological polar surface area (TPSA) is 49.3 Å². The van der Waals surface area contributed by atoms with E-state index in [-0.39, 0.29) is 11.3 Å². The lowest BCUT2D eigenvalue weighted by molar-refractivity contribution is 0.102. The van der Waals surface area contributed by atoms with Gasteiger partial charge in [-0.2, -0.15) is 0 Å². The number of rotatable bonds is 2. The van der Waals surface area contributed by atoms with Crippen LogP contribution in [0.1, 0.15) is 10.4 Å². The molecule has 0 heterocycles. The van der Waals surface area contributed by atoms with E-state index in [0.717, 1.165) is 3.57 Å². The molecule has 2 rings (SSSR count). The number of halogens is 4. The van der Waals surface area contributed by atoms with Gasteiger partial charge < -0.3 is 10.4 Å². The minimum atomic E-state index is -0.442. The number of anilines is 1. The maximum Gasteiger partial charge on any atom is 0.259 e. The number of phenolic OH excluding ortho intramolecular Hbond substituents is 1. The minimum absolute atomic E-state index is 0.0540. The molecule has 7 heteroatoms. The molecule has 2 N–H and O–H groups in total. The molecular weight excluding hydrogens is 527 g/mol. The van der Waals surface area contributed by atoms with Gasteiger partial charge in [0.05, 0.1) is 19.8 Å². The minimum Gasteiger partial charge on any atom is -0.506 e. The molecule has 2 aromatic carbocycles.